The Morgan fingerprint density at radius 1 is 1.08 bits per heavy atom. The summed E-state index contributed by atoms with van der Waals surface area (Å²) in [4.78, 5) is 0. The van der Waals surface area contributed by atoms with Crippen LogP contribution in [0.1, 0.15) is 35.1 Å². The number of hydrogen-bond acceptors (Lipinski definition) is 3. The average Bonchev–Trinajstić information content (AvgIpc) is 3.12. The van der Waals surface area contributed by atoms with Crippen molar-refractivity contribution in [3.63, 3.8) is 0 Å². The van der Waals surface area contributed by atoms with Gasteiger partial charge in [0.05, 0.1) is 12.6 Å². The number of ether oxygens (including phenoxy) is 2. The fraction of sp³-hybridized carbons (Fsp3) is 0.364. The zero-order valence-corrected chi connectivity index (χ0v) is 14.9. The summed E-state index contributed by atoms with van der Waals surface area (Å²) in [6.07, 6.45) is 5.81. The van der Waals surface area contributed by atoms with Crippen molar-refractivity contribution >= 4 is 5.69 Å². The minimum absolute atomic E-state index is 0.355. The molecular weight excluding hydrogens is 310 g/mol. The standard InChI is InChI=1S/C22H25NO2/c1-15-6-8-16(9-7-15)22-19-5-3-4-18(19)20-14-17(25-13-12-24-2)10-11-21(20)23-22/h3-4,6-11,14,18-19,22-23H,5,12-13H2,1-2H3. The number of nitrogens with one attached hydrogen (secondary N) is 1. The molecule has 4 rings (SSSR count). The van der Waals surface area contributed by atoms with E-state index in [1.54, 1.807) is 7.11 Å². The summed E-state index contributed by atoms with van der Waals surface area (Å²) in [5.41, 5.74) is 5.24. The number of anilines is 1. The van der Waals surface area contributed by atoms with E-state index in [0.717, 1.165) is 12.2 Å². The molecule has 3 nitrogen and oxygen atoms in total. The highest BCUT2D eigenvalue weighted by molar-refractivity contribution is 5.61. The molecule has 25 heavy (non-hydrogen) atoms. The predicted molar refractivity (Wildman–Crippen MR) is 101 cm³/mol. The molecule has 0 spiro atoms. The Hall–Kier alpha value is -2.26. The minimum atomic E-state index is 0.355. The number of methoxy groups -OCH3 is 1. The second kappa shape index (κ2) is 6.93. The number of aryl methyl sites for hydroxylation is 1. The van der Waals surface area contributed by atoms with Gasteiger partial charge in [-0.05, 0) is 48.6 Å². The van der Waals surface area contributed by atoms with Crippen LogP contribution in [0.2, 0.25) is 0 Å². The average molecular weight is 335 g/mol. The largest absolute Gasteiger partial charge is 0.491 e. The highest BCUT2D eigenvalue weighted by Gasteiger charge is 2.37. The van der Waals surface area contributed by atoms with Crippen LogP contribution in [0.25, 0.3) is 0 Å². The molecule has 130 valence electrons. The zero-order valence-electron chi connectivity index (χ0n) is 14.9. The second-order valence-corrected chi connectivity index (χ2v) is 6.98. The smallest absolute Gasteiger partial charge is 0.119 e. The van der Waals surface area contributed by atoms with Crippen LogP contribution in [0.4, 0.5) is 5.69 Å². The van der Waals surface area contributed by atoms with Gasteiger partial charge in [0.15, 0.2) is 0 Å². The zero-order chi connectivity index (χ0) is 17.2. The Balaban J connectivity index is 1.63. The van der Waals surface area contributed by atoms with Crippen LogP contribution < -0.4 is 10.1 Å². The molecule has 0 amide bonds. The van der Waals surface area contributed by atoms with E-state index in [1.165, 1.54) is 22.4 Å². The summed E-state index contributed by atoms with van der Waals surface area (Å²) in [6, 6.07) is 15.7. The van der Waals surface area contributed by atoms with Crippen LogP contribution in [-0.4, -0.2) is 20.3 Å². The Kier molecular flexibility index (Phi) is 4.50. The van der Waals surface area contributed by atoms with E-state index < -0.39 is 0 Å². The Labute approximate surface area is 149 Å². The van der Waals surface area contributed by atoms with Gasteiger partial charge < -0.3 is 14.8 Å². The first-order valence-corrected chi connectivity index (χ1v) is 9.01. The van der Waals surface area contributed by atoms with E-state index >= 15 is 0 Å². The van der Waals surface area contributed by atoms with Crippen molar-refractivity contribution in [1.29, 1.82) is 0 Å². The molecule has 1 N–H and O–H groups in total. The van der Waals surface area contributed by atoms with Crippen LogP contribution >= 0.6 is 0 Å². The third kappa shape index (κ3) is 3.16. The molecule has 3 unspecified atom stereocenters. The third-order valence-electron chi connectivity index (χ3n) is 5.33. The van der Waals surface area contributed by atoms with Crippen molar-refractivity contribution in [2.45, 2.75) is 25.3 Å². The molecule has 2 aromatic carbocycles. The van der Waals surface area contributed by atoms with Gasteiger partial charge in [-0.3, -0.25) is 0 Å². The Morgan fingerprint density at radius 3 is 2.72 bits per heavy atom. The van der Waals surface area contributed by atoms with Gasteiger partial charge >= 0.3 is 0 Å². The molecule has 1 aliphatic heterocycles. The van der Waals surface area contributed by atoms with Gasteiger partial charge in [-0.15, -0.1) is 0 Å². The van der Waals surface area contributed by atoms with Crippen LogP contribution in [0.3, 0.4) is 0 Å². The van der Waals surface area contributed by atoms with Gasteiger partial charge in [-0.1, -0.05) is 42.0 Å². The lowest BCUT2D eigenvalue weighted by molar-refractivity contribution is 0.146. The van der Waals surface area contributed by atoms with Gasteiger partial charge in [0.25, 0.3) is 0 Å². The molecule has 2 aliphatic rings. The number of hydrogen-bond donors (Lipinski definition) is 1. The third-order valence-corrected chi connectivity index (χ3v) is 5.33. The normalized spacial score (nSPS) is 23.7. The Bertz CT molecular complexity index is 766. The van der Waals surface area contributed by atoms with Crippen molar-refractivity contribution in [3.8, 4) is 5.75 Å². The maximum Gasteiger partial charge on any atom is 0.119 e. The lowest BCUT2D eigenvalue weighted by atomic mass is 9.77. The van der Waals surface area contributed by atoms with E-state index in [9.17, 15) is 0 Å². The van der Waals surface area contributed by atoms with Crippen molar-refractivity contribution < 1.29 is 9.47 Å². The molecular formula is C22H25NO2. The fourth-order valence-corrected chi connectivity index (χ4v) is 4.01. The highest BCUT2D eigenvalue weighted by atomic mass is 16.5. The molecule has 0 fully saturated rings. The summed E-state index contributed by atoms with van der Waals surface area (Å²) in [5, 5.41) is 3.78. The van der Waals surface area contributed by atoms with Crippen LogP contribution in [0, 0.1) is 12.8 Å². The first kappa shape index (κ1) is 16.2. The first-order valence-electron chi connectivity index (χ1n) is 9.01. The topological polar surface area (TPSA) is 30.5 Å². The lowest BCUT2D eigenvalue weighted by Gasteiger charge is -2.37. The van der Waals surface area contributed by atoms with Crippen LogP contribution in [-0.2, 0) is 4.74 Å². The summed E-state index contributed by atoms with van der Waals surface area (Å²) in [5.74, 6) is 1.93. The Morgan fingerprint density at radius 2 is 1.92 bits per heavy atom. The monoisotopic (exact) mass is 335 g/mol. The molecule has 1 heterocycles. The molecule has 2 aromatic rings. The van der Waals surface area contributed by atoms with Crippen molar-refractivity contribution in [2.75, 3.05) is 25.6 Å². The molecule has 1 aliphatic carbocycles. The second-order valence-electron chi connectivity index (χ2n) is 6.98. The van der Waals surface area contributed by atoms with E-state index in [4.69, 9.17) is 9.47 Å². The number of allylic oxidation sites excluding steroid dienone is 2. The molecule has 0 saturated carbocycles. The van der Waals surface area contributed by atoms with Crippen molar-refractivity contribution in [1.82, 2.24) is 0 Å². The first-order chi connectivity index (χ1) is 12.3. The van der Waals surface area contributed by atoms with Gasteiger partial charge in [-0.2, -0.15) is 0 Å². The van der Waals surface area contributed by atoms with E-state index in [1.807, 2.05) is 6.07 Å². The van der Waals surface area contributed by atoms with Gasteiger partial charge in [-0.25, -0.2) is 0 Å². The maximum atomic E-state index is 5.81. The van der Waals surface area contributed by atoms with Crippen molar-refractivity contribution in [2.24, 2.45) is 5.92 Å². The summed E-state index contributed by atoms with van der Waals surface area (Å²) >= 11 is 0. The number of fused-ring (bicyclic) bond motifs is 3. The maximum absolute atomic E-state index is 5.81. The van der Waals surface area contributed by atoms with E-state index in [0.29, 0.717) is 31.1 Å². The van der Waals surface area contributed by atoms with Crippen LogP contribution in [0.15, 0.2) is 54.6 Å². The minimum Gasteiger partial charge on any atom is -0.491 e. The molecule has 0 radical (unpaired) electrons. The molecule has 3 atom stereocenters. The molecule has 3 heteroatoms. The number of rotatable bonds is 5. The predicted octanol–water partition coefficient (Wildman–Crippen LogP) is 4.85. The van der Waals surface area contributed by atoms with E-state index in [2.05, 4.69) is 60.8 Å². The van der Waals surface area contributed by atoms with Gasteiger partial charge in [0, 0.05) is 18.7 Å². The number of benzene rings is 2. The fourth-order valence-electron chi connectivity index (χ4n) is 4.01. The van der Waals surface area contributed by atoms with Crippen LogP contribution in [0.5, 0.6) is 5.75 Å². The summed E-state index contributed by atoms with van der Waals surface area (Å²) < 4.78 is 10.9. The SMILES string of the molecule is COCCOc1ccc2c(c1)C1C=CCC1C(c1ccc(C)cc1)N2. The lowest BCUT2D eigenvalue weighted by Crippen LogP contribution is -2.29. The van der Waals surface area contributed by atoms with Gasteiger partial charge in [0.1, 0.15) is 12.4 Å². The molecule has 0 aromatic heterocycles. The quantitative estimate of drug-likeness (QED) is 0.626. The van der Waals surface area contributed by atoms with E-state index in [-0.39, 0.29) is 0 Å². The highest BCUT2D eigenvalue weighted by Crippen LogP contribution is 2.50. The molecule has 0 bridgehead atoms. The van der Waals surface area contributed by atoms with Gasteiger partial charge in [0.2, 0.25) is 0 Å². The molecule has 0 saturated heterocycles. The van der Waals surface area contributed by atoms with Crippen molar-refractivity contribution in [3.05, 3.63) is 71.3 Å². The summed E-state index contributed by atoms with van der Waals surface area (Å²) in [7, 11) is 1.69. The summed E-state index contributed by atoms with van der Waals surface area (Å²) in [6.45, 7) is 3.33.